The lowest BCUT2D eigenvalue weighted by molar-refractivity contribution is 0.0994. The zero-order valence-electron chi connectivity index (χ0n) is 11.4. The molecule has 106 valence electrons. The first-order valence-corrected chi connectivity index (χ1v) is 6.32. The average molecular weight is 275 g/mol. The van der Waals surface area contributed by atoms with Crippen molar-refractivity contribution < 1.29 is 13.9 Å². The van der Waals surface area contributed by atoms with Gasteiger partial charge in [0, 0.05) is 6.20 Å². The van der Waals surface area contributed by atoms with Crippen LogP contribution in [-0.2, 0) is 6.54 Å². The lowest BCUT2D eigenvalue weighted by Gasteiger charge is -2.12. The van der Waals surface area contributed by atoms with Gasteiger partial charge in [0.2, 0.25) is 5.88 Å². The lowest BCUT2D eigenvalue weighted by Crippen LogP contribution is -2.14. The number of hydrogen-bond donors (Lipinski definition) is 2. The molecule has 0 aliphatic heterocycles. The molecule has 0 atom stereocenters. The summed E-state index contributed by atoms with van der Waals surface area (Å²) in [7, 11) is 0. The number of aromatic nitrogens is 1. The Kier molecular flexibility index (Phi) is 4.37. The van der Waals surface area contributed by atoms with Crippen LogP contribution in [0.2, 0.25) is 0 Å². The normalized spacial score (nSPS) is 10.6. The Morgan fingerprint density at radius 1 is 1.45 bits per heavy atom. The lowest BCUT2D eigenvalue weighted by atomic mass is 10.3. The van der Waals surface area contributed by atoms with Crippen molar-refractivity contribution in [2.75, 3.05) is 5.32 Å². The molecule has 0 aliphatic rings. The van der Waals surface area contributed by atoms with Gasteiger partial charge in [-0.2, -0.15) is 0 Å². The van der Waals surface area contributed by atoms with Crippen molar-refractivity contribution >= 4 is 11.6 Å². The molecule has 2 aromatic rings. The first-order chi connectivity index (χ1) is 9.60. The Bertz CT molecular complexity index is 593. The van der Waals surface area contributed by atoms with Gasteiger partial charge in [-0.05, 0) is 38.1 Å². The number of anilines is 1. The predicted molar refractivity (Wildman–Crippen MR) is 74.6 cm³/mol. The molecule has 0 bridgehead atoms. The second-order valence-corrected chi connectivity index (χ2v) is 4.45. The maximum atomic E-state index is 12.1. The topological polar surface area (TPSA) is 90.4 Å². The average Bonchev–Trinajstić information content (AvgIpc) is 2.89. The van der Waals surface area contributed by atoms with Gasteiger partial charge < -0.3 is 20.2 Å². The fraction of sp³-hybridized carbons (Fsp3) is 0.286. The molecule has 0 saturated heterocycles. The molecule has 0 radical (unpaired) electrons. The van der Waals surface area contributed by atoms with Crippen LogP contribution in [-0.4, -0.2) is 17.0 Å². The maximum Gasteiger partial charge on any atom is 0.291 e. The van der Waals surface area contributed by atoms with Gasteiger partial charge in [-0.1, -0.05) is 0 Å². The van der Waals surface area contributed by atoms with Crippen molar-refractivity contribution in [1.82, 2.24) is 4.98 Å². The van der Waals surface area contributed by atoms with Crippen LogP contribution in [0.15, 0.2) is 34.9 Å². The van der Waals surface area contributed by atoms with E-state index < -0.39 is 0 Å². The Morgan fingerprint density at radius 2 is 2.25 bits per heavy atom. The molecular formula is C14H17N3O3. The van der Waals surface area contributed by atoms with Crippen molar-refractivity contribution in [2.45, 2.75) is 26.5 Å². The van der Waals surface area contributed by atoms with Crippen molar-refractivity contribution in [3.63, 3.8) is 0 Å². The van der Waals surface area contributed by atoms with Crippen molar-refractivity contribution in [3.8, 4) is 5.88 Å². The zero-order valence-corrected chi connectivity index (χ0v) is 11.4. The molecule has 3 N–H and O–H groups in total. The third-order valence-electron chi connectivity index (χ3n) is 2.45. The first kappa shape index (κ1) is 14.1. The summed E-state index contributed by atoms with van der Waals surface area (Å²) in [6, 6.07) is 6.69. The van der Waals surface area contributed by atoms with Gasteiger partial charge in [-0.15, -0.1) is 0 Å². The van der Waals surface area contributed by atoms with Crippen LogP contribution < -0.4 is 15.8 Å². The Morgan fingerprint density at radius 3 is 2.90 bits per heavy atom. The summed E-state index contributed by atoms with van der Waals surface area (Å²) in [5.74, 6) is 0.762. The molecule has 2 aromatic heterocycles. The minimum atomic E-state index is -0.369. The quantitative estimate of drug-likeness (QED) is 0.872. The van der Waals surface area contributed by atoms with Crippen LogP contribution in [0.4, 0.5) is 5.69 Å². The molecule has 6 heteroatoms. The molecular weight excluding hydrogens is 258 g/mol. The highest BCUT2D eigenvalue weighted by molar-refractivity contribution is 6.02. The van der Waals surface area contributed by atoms with E-state index in [9.17, 15) is 4.79 Å². The summed E-state index contributed by atoms with van der Waals surface area (Å²) < 4.78 is 10.8. The second-order valence-electron chi connectivity index (χ2n) is 4.45. The number of nitrogens with two attached hydrogens (primary N) is 1. The smallest absolute Gasteiger partial charge is 0.291 e. The molecule has 0 unspecified atom stereocenters. The number of carbonyl (C=O) groups is 1. The van der Waals surface area contributed by atoms with Gasteiger partial charge in [0.05, 0.1) is 12.6 Å². The number of carbonyl (C=O) groups excluding carboxylic acids is 1. The van der Waals surface area contributed by atoms with Gasteiger partial charge in [0.15, 0.2) is 5.76 Å². The molecule has 0 spiro atoms. The highest BCUT2D eigenvalue weighted by atomic mass is 16.5. The highest BCUT2D eigenvalue weighted by Crippen LogP contribution is 2.22. The predicted octanol–water partition coefficient (Wildman–Crippen LogP) is 2.17. The number of nitrogens with zero attached hydrogens (tertiary/aromatic N) is 1. The molecule has 0 fully saturated rings. The summed E-state index contributed by atoms with van der Waals surface area (Å²) in [4.78, 5) is 16.2. The van der Waals surface area contributed by atoms with Gasteiger partial charge in [-0.3, -0.25) is 4.79 Å². The van der Waals surface area contributed by atoms with Gasteiger partial charge in [-0.25, -0.2) is 4.98 Å². The SMILES string of the molecule is CC(C)Oc1ncccc1NC(=O)c1ccc(CN)o1. The van der Waals surface area contributed by atoms with E-state index in [1.54, 1.807) is 30.5 Å². The van der Waals surface area contributed by atoms with E-state index in [4.69, 9.17) is 14.9 Å². The summed E-state index contributed by atoms with van der Waals surface area (Å²) in [6.45, 7) is 4.03. The Labute approximate surface area is 116 Å². The number of amides is 1. The van der Waals surface area contributed by atoms with Crippen LogP contribution >= 0.6 is 0 Å². The monoisotopic (exact) mass is 275 g/mol. The third kappa shape index (κ3) is 3.36. The number of rotatable bonds is 5. The molecule has 6 nitrogen and oxygen atoms in total. The third-order valence-corrected chi connectivity index (χ3v) is 2.45. The molecule has 0 saturated carbocycles. The largest absolute Gasteiger partial charge is 0.473 e. The highest BCUT2D eigenvalue weighted by Gasteiger charge is 2.14. The second kappa shape index (κ2) is 6.21. The molecule has 0 aromatic carbocycles. The number of hydrogen-bond acceptors (Lipinski definition) is 5. The van der Waals surface area contributed by atoms with Crippen LogP contribution in [0.25, 0.3) is 0 Å². The molecule has 1 amide bonds. The van der Waals surface area contributed by atoms with Crippen LogP contribution in [0, 0.1) is 0 Å². The van der Waals surface area contributed by atoms with Crippen molar-refractivity contribution in [1.29, 1.82) is 0 Å². The standard InChI is InChI=1S/C14H17N3O3/c1-9(2)19-14-11(4-3-7-16-14)17-13(18)12-6-5-10(8-15)20-12/h3-7,9H,8,15H2,1-2H3,(H,17,18). The fourth-order valence-electron chi connectivity index (χ4n) is 1.60. The number of pyridine rings is 1. The van der Waals surface area contributed by atoms with E-state index in [0.29, 0.717) is 17.3 Å². The first-order valence-electron chi connectivity index (χ1n) is 6.32. The summed E-state index contributed by atoms with van der Waals surface area (Å²) in [5.41, 5.74) is 5.94. The van der Waals surface area contributed by atoms with E-state index in [1.807, 2.05) is 13.8 Å². The Hall–Kier alpha value is -2.34. The van der Waals surface area contributed by atoms with E-state index in [2.05, 4.69) is 10.3 Å². The van der Waals surface area contributed by atoms with Crippen molar-refractivity contribution in [3.05, 3.63) is 42.0 Å². The fourth-order valence-corrected chi connectivity index (χ4v) is 1.60. The minimum Gasteiger partial charge on any atom is -0.473 e. The number of ether oxygens (including phenoxy) is 1. The van der Waals surface area contributed by atoms with Crippen LogP contribution in [0.5, 0.6) is 5.88 Å². The van der Waals surface area contributed by atoms with Crippen molar-refractivity contribution in [2.24, 2.45) is 5.73 Å². The minimum absolute atomic E-state index is 0.0343. The number of nitrogens with one attached hydrogen (secondary N) is 1. The molecule has 20 heavy (non-hydrogen) atoms. The van der Waals surface area contributed by atoms with Crippen LogP contribution in [0.3, 0.4) is 0 Å². The van der Waals surface area contributed by atoms with Crippen LogP contribution in [0.1, 0.15) is 30.2 Å². The Balaban J connectivity index is 2.15. The summed E-state index contributed by atoms with van der Waals surface area (Å²) in [6.07, 6.45) is 1.57. The van der Waals surface area contributed by atoms with Gasteiger partial charge in [0.25, 0.3) is 5.91 Å². The van der Waals surface area contributed by atoms with Gasteiger partial charge >= 0.3 is 0 Å². The van der Waals surface area contributed by atoms with E-state index in [-0.39, 0.29) is 24.3 Å². The van der Waals surface area contributed by atoms with E-state index >= 15 is 0 Å². The molecule has 2 rings (SSSR count). The van der Waals surface area contributed by atoms with Gasteiger partial charge in [0.1, 0.15) is 11.4 Å². The van der Waals surface area contributed by atoms with E-state index in [1.165, 1.54) is 0 Å². The number of furan rings is 1. The molecule has 0 aliphatic carbocycles. The summed E-state index contributed by atoms with van der Waals surface area (Å²) >= 11 is 0. The van der Waals surface area contributed by atoms with E-state index in [0.717, 1.165) is 0 Å². The molecule has 2 heterocycles. The maximum absolute atomic E-state index is 12.1. The summed E-state index contributed by atoms with van der Waals surface area (Å²) in [5, 5.41) is 2.71. The zero-order chi connectivity index (χ0) is 14.5.